The molecule has 2 aromatic rings. The predicted octanol–water partition coefficient (Wildman–Crippen LogP) is 3.97. The fourth-order valence-electron chi connectivity index (χ4n) is 2.05. The second-order valence-electron chi connectivity index (χ2n) is 6.38. The van der Waals surface area contributed by atoms with Crippen molar-refractivity contribution in [3.05, 3.63) is 64.7 Å². The van der Waals surface area contributed by atoms with E-state index in [1.54, 1.807) is 24.3 Å². The quantitative estimate of drug-likeness (QED) is 0.841. The molecule has 0 radical (unpaired) electrons. The molecular weight excluding hydrogens is 342 g/mol. The van der Waals surface area contributed by atoms with Crippen LogP contribution in [0.5, 0.6) is 0 Å². The van der Waals surface area contributed by atoms with Crippen LogP contribution in [0.25, 0.3) is 0 Å². The van der Waals surface area contributed by atoms with Crippen LogP contribution < -0.4 is 4.72 Å². The third kappa shape index (κ3) is 4.85. The van der Waals surface area contributed by atoms with Gasteiger partial charge < -0.3 is 0 Å². The van der Waals surface area contributed by atoms with Crippen LogP contribution in [0.2, 0.25) is 5.02 Å². The summed E-state index contributed by atoms with van der Waals surface area (Å²) in [5.74, 6) is 5.64. The summed E-state index contributed by atoms with van der Waals surface area (Å²) in [6.45, 7) is 6.27. The topological polar surface area (TPSA) is 46.2 Å². The lowest BCUT2D eigenvalue weighted by Crippen LogP contribution is -2.24. The first-order chi connectivity index (χ1) is 11.2. The molecule has 0 saturated heterocycles. The van der Waals surface area contributed by atoms with Crippen LogP contribution in [-0.2, 0) is 15.4 Å². The van der Waals surface area contributed by atoms with Crippen LogP contribution in [-0.4, -0.2) is 15.0 Å². The van der Waals surface area contributed by atoms with Crippen molar-refractivity contribution in [2.45, 2.75) is 31.1 Å². The molecule has 5 heteroatoms. The van der Waals surface area contributed by atoms with E-state index in [9.17, 15) is 8.42 Å². The molecule has 2 aromatic carbocycles. The van der Waals surface area contributed by atoms with Crippen molar-refractivity contribution in [2.75, 3.05) is 6.54 Å². The maximum atomic E-state index is 12.3. The summed E-state index contributed by atoms with van der Waals surface area (Å²) in [6.07, 6.45) is 0. The maximum absolute atomic E-state index is 12.3. The fourth-order valence-corrected chi connectivity index (χ4v) is 3.16. The van der Waals surface area contributed by atoms with Gasteiger partial charge in [0.1, 0.15) is 0 Å². The third-order valence-corrected chi connectivity index (χ3v) is 5.22. The Morgan fingerprint density at radius 3 is 2.25 bits per heavy atom. The van der Waals surface area contributed by atoms with E-state index in [1.165, 1.54) is 0 Å². The van der Waals surface area contributed by atoms with Gasteiger partial charge in [0, 0.05) is 5.56 Å². The van der Waals surface area contributed by atoms with Gasteiger partial charge in [-0.2, -0.15) is 4.72 Å². The molecule has 0 amide bonds. The summed E-state index contributed by atoms with van der Waals surface area (Å²) in [4.78, 5) is 0.232. The standard InChI is InChI=1S/C19H20ClNO2S/c1-19(2,3)16-10-12-17(13-11-16)24(22,23)21-14-6-8-15-7-4-5-9-18(15)20/h4-5,7,9-13,21H,14H2,1-3H3. The molecule has 2 rings (SSSR count). The van der Waals surface area contributed by atoms with Crippen LogP contribution in [0.4, 0.5) is 0 Å². The van der Waals surface area contributed by atoms with Gasteiger partial charge in [-0.15, -0.1) is 0 Å². The highest BCUT2D eigenvalue weighted by Gasteiger charge is 2.16. The van der Waals surface area contributed by atoms with Gasteiger partial charge in [-0.05, 0) is 35.2 Å². The Morgan fingerprint density at radius 2 is 1.67 bits per heavy atom. The lowest BCUT2D eigenvalue weighted by Gasteiger charge is -2.19. The van der Waals surface area contributed by atoms with Crippen molar-refractivity contribution in [2.24, 2.45) is 0 Å². The first-order valence-corrected chi connectivity index (χ1v) is 9.40. The van der Waals surface area contributed by atoms with Crippen LogP contribution >= 0.6 is 11.6 Å². The molecule has 0 fully saturated rings. The first kappa shape index (κ1) is 18.5. The molecule has 0 aromatic heterocycles. The number of nitrogens with one attached hydrogen (secondary N) is 1. The Hall–Kier alpha value is -1.80. The van der Waals surface area contributed by atoms with Gasteiger partial charge in [0.15, 0.2) is 0 Å². The smallest absolute Gasteiger partial charge is 0.207 e. The van der Waals surface area contributed by atoms with Gasteiger partial charge >= 0.3 is 0 Å². The Morgan fingerprint density at radius 1 is 1.04 bits per heavy atom. The lowest BCUT2D eigenvalue weighted by atomic mass is 9.87. The molecule has 0 bridgehead atoms. The number of rotatable bonds is 3. The minimum absolute atomic E-state index is 0.0177. The second kappa shape index (κ2) is 7.40. The normalized spacial score (nSPS) is 11.7. The monoisotopic (exact) mass is 361 g/mol. The highest BCUT2D eigenvalue weighted by Crippen LogP contribution is 2.23. The molecule has 0 spiro atoms. The molecule has 24 heavy (non-hydrogen) atoms. The Bertz CT molecular complexity index is 870. The number of sulfonamides is 1. The van der Waals surface area contributed by atoms with E-state index >= 15 is 0 Å². The first-order valence-electron chi connectivity index (χ1n) is 7.54. The minimum Gasteiger partial charge on any atom is -0.207 e. The SMILES string of the molecule is CC(C)(C)c1ccc(S(=O)(=O)NCC#Cc2ccccc2Cl)cc1. The van der Waals surface area contributed by atoms with E-state index in [0.717, 1.165) is 5.56 Å². The van der Waals surface area contributed by atoms with E-state index < -0.39 is 10.0 Å². The number of benzene rings is 2. The summed E-state index contributed by atoms with van der Waals surface area (Å²) < 4.78 is 27.0. The number of halogens is 1. The molecular formula is C19H20ClNO2S. The van der Waals surface area contributed by atoms with Gasteiger partial charge in [-0.1, -0.05) is 68.5 Å². The molecule has 0 saturated carbocycles. The van der Waals surface area contributed by atoms with Gasteiger partial charge in [-0.25, -0.2) is 8.42 Å². The molecule has 126 valence electrons. The summed E-state index contributed by atoms with van der Waals surface area (Å²) in [5, 5.41) is 0.547. The van der Waals surface area contributed by atoms with E-state index in [2.05, 4.69) is 37.3 Å². The zero-order chi connectivity index (χ0) is 17.8. The average molecular weight is 362 g/mol. The molecule has 1 N–H and O–H groups in total. The Kier molecular flexibility index (Phi) is 5.71. The van der Waals surface area contributed by atoms with Crippen molar-refractivity contribution in [3.8, 4) is 11.8 Å². The predicted molar refractivity (Wildman–Crippen MR) is 98.7 cm³/mol. The van der Waals surface area contributed by atoms with Crippen LogP contribution in [0.3, 0.4) is 0 Å². The van der Waals surface area contributed by atoms with Gasteiger partial charge in [0.25, 0.3) is 0 Å². The molecule has 0 unspecified atom stereocenters. The van der Waals surface area contributed by atoms with Gasteiger partial charge in [-0.3, -0.25) is 0 Å². The fraction of sp³-hybridized carbons (Fsp3) is 0.263. The summed E-state index contributed by atoms with van der Waals surface area (Å²) >= 11 is 6.00. The number of hydrogen-bond donors (Lipinski definition) is 1. The summed E-state index contributed by atoms with van der Waals surface area (Å²) in [5.41, 5.74) is 1.74. The van der Waals surface area contributed by atoms with E-state index in [4.69, 9.17) is 11.6 Å². The van der Waals surface area contributed by atoms with Crippen LogP contribution in [0.15, 0.2) is 53.4 Å². The largest absolute Gasteiger partial charge is 0.241 e. The van der Waals surface area contributed by atoms with Crippen molar-refractivity contribution < 1.29 is 8.42 Å². The summed E-state index contributed by atoms with van der Waals surface area (Å²) in [7, 11) is -3.57. The zero-order valence-electron chi connectivity index (χ0n) is 13.9. The third-order valence-electron chi connectivity index (χ3n) is 3.48. The zero-order valence-corrected chi connectivity index (χ0v) is 15.5. The van der Waals surface area contributed by atoms with Gasteiger partial charge in [0.05, 0.1) is 16.5 Å². The van der Waals surface area contributed by atoms with Crippen molar-refractivity contribution >= 4 is 21.6 Å². The number of hydrogen-bond acceptors (Lipinski definition) is 2. The lowest BCUT2D eigenvalue weighted by molar-refractivity contribution is 0.581. The van der Waals surface area contributed by atoms with Crippen LogP contribution in [0.1, 0.15) is 31.9 Å². The Labute approximate surface area is 149 Å². The van der Waals surface area contributed by atoms with E-state index in [1.807, 2.05) is 24.3 Å². The van der Waals surface area contributed by atoms with Gasteiger partial charge in [0.2, 0.25) is 10.0 Å². The minimum atomic E-state index is -3.57. The Balaban J connectivity index is 2.06. The molecule has 0 aliphatic heterocycles. The summed E-state index contributed by atoms with van der Waals surface area (Å²) in [6, 6.07) is 14.1. The molecule has 0 heterocycles. The van der Waals surface area contributed by atoms with Crippen molar-refractivity contribution in [1.29, 1.82) is 0 Å². The highest BCUT2D eigenvalue weighted by molar-refractivity contribution is 7.89. The van der Waals surface area contributed by atoms with Crippen molar-refractivity contribution in [1.82, 2.24) is 4.72 Å². The van der Waals surface area contributed by atoms with Crippen molar-refractivity contribution in [3.63, 3.8) is 0 Å². The van der Waals surface area contributed by atoms with Crippen LogP contribution in [0, 0.1) is 11.8 Å². The van der Waals surface area contributed by atoms with E-state index in [0.29, 0.717) is 10.6 Å². The second-order valence-corrected chi connectivity index (χ2v) is 8.55. The molecule has 0 aliphatic carbocycles. The maximum Gasteiger partial charge on any atom is 0.241 e. The molecule has 0 atom stereocenters. The average Bonchev–Trinajstić information content (AvgIpc) is 2.52. The van der Waals surface area contributed by atoms with E-state index in [-0.39, 0.29) is 16.9 Å². The molecule has 3 nitrogen and oxygen atoms in total. The highest BCUT2D eigenvalue weighted by atomic mass is 35.5. The molecule has 0 aliphatic rings.